The van der Waals surface area contributed by atoms with Crippen LogP contribution in [0.5, 0.6) is 0 Å². The van der Waals surface area contributed by atoms with Gasteiger partial charge in [-0.25, -0.2) is 9.59 Å². The van der Waals surface area contributed by atoms with E-state index in [4.69, 9.17) is 14.3 Å². The molecule has 0 saturated heterocycles. The molecule has 11 nitrogen and oxygen atoms in total. The summed E-state index contributed by atoms with van der Waals surface area (Å²) in [7, 11) is 0. The van der Waals surface area contributed by atoms with Gasteiger partial charge < -0.3 is 19.6 Å². The topological polar surface area (TPSA) is 139 Å². The third-order valence-electron chi connectivity index (χ3n) is 4.31. The third-order valence-corrected chi connectivity index (χ3v) is 4.31. The molecule has 2 aromatic carbocycles. The van der Waals surface area contributed by atoms with Gasteiger partial charge >= 0.3 is 23.6 Å². The Morgan fingerprint density at radius 1 is 1.03 bits per heavy atom. The minimum absolute atomic E-state index is 0.0243. The molecule has 0 radical (unpaired) electrons. The lowest BCUT2D eigenvalue weighted by Crippen LogP contribution is -2.49. The lowest BCUT2D eigenvalue weighted by Gasteiger charge is -2.22. The van der Waals surface area contributed by atoms with E-state index >= 15 is 0 Å². The Morgan fingerprint density at radius 2 is 1.71 bits per heavy atom. The van der Waals surface area contributed by atoms with Gasteiger partial charge in [0.25, 0.3) is 0 Å². The number of amides is 1. The number of ether oxygens (including phenoxy) is 2. The fourth-order valence-corrected chi connectivity index (χ4v) is 2.79. The predicted molar refractivity (Wildman–Crippen MR) is 119 cm³/mol. The molecule has 1 amide bonds. The zero-order valence-electron chi connectivity index (χ0n) is 18.9. The SMILES string of the molecule is CC(C)(C)OC(=O)N[C@@H](CC(=O)OCc1ccccc1)C(=O)On1nnc2ccccc2c1=O. The molecule has 1 aromatic heterocycles. The molecular weight excluding hydrogens is 444 g/mol. The van der Waals surface area contributed by atoms with Crippen LogP contribution in [-0.4, -0.2) is 44.8 Å². The summed E-state index contributed by atoms with van der Waals surface area (Å²) < 4.78 is 10.3. The Hall–Kier alpha value is -4.28. The van der Waals surface area contributed by atoms with Gasteiger partial charge in [-0.1, -0.05) is 42.5 Å². The van der Waals surface area contributed by atoms with Gasteiger partial charge in [0.05, 0.1) is 11.8 Å². The van der Waals surface area contributed by atoms with Crippen molar-refractivity contribution in [2.75, 3.05) is 0 Å². The van der Waals surface area contributed by atoms with E-state index in [-0.39, 0.29) is 12.0 Å². The maximum Gasteiger partial charge on any atom is 0.408 e. The van der Waals surface area contributed by atoms with Crippen molar-refractivity contribution in [1.82, 2.24) is 20.5 Å². The normalized spacial score (nSPS) is 12.0. The summed E-state index contributed by atoms with van der Waals surface area (Å²) in [6, 6.07) is 13.8. The van der Waals surface area contributed by atoms with E-state index in [1.807, 2.05) is 6.07 Å². The number of nitrogens with one attached hydrogen (secondary N) is 1. The number of carbonyl (C=O) groups is 3. The van der Waals surface area contributed by atoms with Crippen LogP contribution in [0.25, 0.3) is 10.9 Å². The second kappa shape index (κ2) is 10.6. The number of rotatable bonds is 7. The van der Waals surface area contributed by atoms with Crippen molar-refractivity contribution in [2.45, 2.75) is 45.4 Å². The summed E-state index contributed by atoms with van der Waals surface area (Å²) in [4.78, 5) is 55.4. The molecule has 1 N–H and O–H groups in total. The van der Waals surface area contributed by atoms with E-state index in [2.05, 4.69) is 15.6 Å². The van der Waals surface area contributed by atoms with Crippen LogP contribution in [0.4, 0.5) is 4.79 Å². The number of esters is 1. The van der Waals surface area contributed by atoms with Gasteiger partial charge in [-0.2, -0.15) is 0 Å². The van der Waals surface area contributed by atoms with Crippen LogP contribution >= 0.6 is 0 Å². The van der Waals surface area contributed by atoms with Crippen LogP contribution in [0.15, 0.2) is 59.4 Å². The average Bonchev–Trinajstić information content (AvgIpc) is 2.78. The van der Waals surface area contributed by atoms with E-state index in [1.165, 1.54) is 6.07 Å². The molecule has 0 bridgehead atoms. The van der Waals surface area contributed by atoms with E-state index in [0.717, 1.165) is 5.56 Å². The van der Waals surface area contributed by atoms with Gasteiger partial charge in [0.1, 0.15) is 23.8 Å². The third kappa shape index (κ3) is 6.86. The fraction of sp³-hybridized carbons (Fsp3) is 0.304. The van der Waals surface area contributed by atoms with Gasteiger partial charge in [0.2, 0.25) is 0 Å². The molecule has 1 atom stereocenters. The van der Waals surface area contributed by atoms with E-state index in [1.54, 1.807) is 63.2 Å². The first kappa shape index (κ1) is 24.4. The Bertz CT molecular complexity index is 1240. The van der Waals surface area contributed by atoms with Crippen LogP contribution in [0.1, 0.15) is 32.8 Å². The molecule has 3 aromatic rings. The van der Waals surface area contributed by atoms with Crippen molar-refractivity contribution >= 4 is 28.9 Å². The Morgan fingerprint density at radius 3 is 2.41 bits per heavy atom. The van der Waals surface area contributed by atoms with Crippen LogP contribution in [0.3, 0.4) is 0 Å². The van der Waals surface area contributed by atoms with Crippen LogP contribution in [0, 0.1) is 0 Å². The first-order valence-corrected chi connectivity index (χ1v) is 10.4. The molecule has 0 aliphatic heterocycles. The molecule has 1 heterocycles. The number of alkyl carbamates (subject to hydrolysis) is 1. The largest absolute Gasteiger partial charge is 0.461 e. The number of aromatic nitrogens is 3. The van der Waals surface area contributed by atoms with Gasteiger partial charge in [0.15, 0.2) is 0 Å². The minimum atomic E-state index is -1.52. The molecule has 3 rings (SSSR count). The highest BCUT2D eigenvalue weighted by Crippen LogP contribution is 2.09. The van der Waals surface area contributed by atoms with Crippen molar-refractivity contribution in [3.05, 3.63) is 70.5 Å². The van der Waals surface area contributed by atoms with E-state index in [9.17, 15) is 19.2 Å². The van der Waals surface area contributed by atoms with Gasteiger partial charge in [0, 0.05) is 0 Å². The number of hydrogen-bond acceptors (Lipinski definition) is 9. The summed E-state index contributed by atoms with van der Waals surface area (Å²) in [5.41, 5.74) is -0.532. The minimum Gasteiger partial charge on any atom is -0.461 e. The Labute approximate surface area is 194 Å². The van der Waals surface area contributed by atoms with Gasteiger partial charge in [-0.15, -0.1) is 5.10 Å². The molecule has 0 unspecified atom stereocenters. The van der Waals surface area contributed by atoms with Crippen molar-refractivity contribution in [1.29, 1.82) is 0 Å². The standard InChI is InChI=1S/C23H24N4O7/c1-23(2,3)33-22(31)24-18(13-19(28)32-14-15-9-5-4-6-10-15)21(30)34-27-20(29)16-11-7-8-12-17(16)25-26-27/h4-12,18H,13-14H2,1-3H3,(H,24,31)/t18-/m0/s1. The molecule has 0 saturated carbocycles. The van der Waals surface area contributed by atoms with Crippen molar-refractivity contribution < 1.29 is 28.7 Å². The molecule has 11 heteroatoms. The lowest BCUT2D eigenvalue weighted by molar-refractivity contribution is -0.155. The van der Waals surface area contributed by atoms with Crippen LogP contribution in [-0.2, 0) is 25.7 Å². The molecular formula is C23H24N4O7. The Balaban J connectivity index is 1.74. The highest BCUT2D eigenvalue weighted by atomic mass is 16.7. The predicted octanol–water partition coefficient (Wildman–Crippen LogP) is 1.77. The monoisotopic (exact) mass is 468 g/mol. The maximum atomic E-state index is 12.8. The summed E-state index contributed by atoms with van der Waals surface area (Å²) >= 11 is 0. The second-order valence-electron chi connectivity index (χ2n) is 8.24. The molecule has 0 fully saturated rings. The summed E-state index contributed by atoms with van der Waals surface area (Å²) in [6.07, 6.45) is -1.53. The zero-order valence-corrected chi connectivity index (χ0v) is 18.9. The molecule has 178 valence electrons. The summed E-state index contributed by atoms with van der Waals surface area (Å²) in [5.74, 6) is -1.91. The molecule has 0 aliphatic rings. The van der Waals surface area contributed by atoms with Crippen LogP contribution in [0.2, 0.25) is 0 Å². The molecule has 34 heavy (non-hydrogen) atoms. The smallest absolute Gasteiger partial charge is 0.408 e. The second-order valence-corrected chi connectivity index (χ2v) is 8.24. The first-order valence-electron chi connectivity index (χ1n) is 10.4. The number of nitrogens with zero attached hydrogens (tertiary/aromatic N) is 3. The van der Waals surface area contributed by atoms with E-state index in [0.29, 0.717) is 10.4 Å². The van der Waals surface area contributed by atoms with Gasteiger partial charge in [-0.05, 0) is 48.5 Å². The molecule has 0 spiro atoms. The lowest BCUT2D eigenvalue weighted by atomic mass is 10.2. The summed E-state index contributed by atoms with van der Waals surface area (Å²) in [6.45, 7) is 4.89. The Kier molecular flexibility index (Phi) is 7.57. The first-order chi connectivity index (χ1) is 16.1. The highest BCUT2D eigenvalue weighted by Gasteiger charge is 2.30. The van der Waals surface area contributed by atoms with Crippen LogP contribution < -0.4 is 15.7 Å². The van der Waals surface area contributed by atoms with Gasteiger partial charge in [-0.3, -0.25) is 9.59 Å². The average molecular weight is 468 g/mol. The zero-order chi connectivity index (χ0) is 24.7. The quantitative estimate of drug-likeness (QED) is 0.406. The number of fused-ring (bicyclic) bond motifs is 1. The van der Waals surface area contributed by atoms with Crippen molar-refractivity contribution in [3.63, 3.8) is 0 Å². The maximum absolute atomic E-state index is 12.8. The van der Waals surface area contributed by atoms with Crippen molar-refractivity contribution in [2.24, 2.45) is 0 Å². The van der Waals surface area contributed by atoms with E-state index < -0.39 is 41.7 Å². The molecule has 0 aliphatic carbocycles. The summed E-state index contributed by atoms with van der Waals surface area (Å²) in [5, 5.41) is 9.84. The number of carbonyl (C=O) groups excluding carboxylic acids is 3. The number of hydrogen-bond donors (Lipinski definition) is 1. The number of benzene rings is 2. The fourth-order valence-electron chi connectivity index (χ4n) is 2.79. The highest BCUT2D eigenvalue weighted by molar-refractivity contribution is 5.86. The van der Waals surface area contributed by atoms with Crippen molar-refractivity contribution in [3.8, 4) is 0 Å².